The van der Waals surface area contributed by atoms with Gasteiger partial charge in [-0.2, -0.15) is 0 Å². The molecule has 0 aromatic heterocycles. The first-order chi connectivity index (χ1) is 13.2. The Labute approximate surface area is 158 Å². The molecular formula is C21H22O6. The van der Waals surface area contributed by atoms with Gasteiger partial charge in [-0.25, -0.2) is 4.79 Å². The fourth-order valence-corrected chi connectivity index (χ4v) is 2.67. The van der Waals surface area contributed by atoms with Gasteiger partial charge in [-0.1, -0.05) is 18.2 Å². The van der Waals surface area contributed by atoms with Gasteiger partial charge in [-0.05, 0) is 36.8 Å². The molecule has 0 saturated carbocycles. The van der Waals surface area contributed by atoms with Crippen LogP contribution in [0, 0.1) is 0 Å². The molecule has 0 unspecified atom stereocenters. The van der Waals surface area contributed by atoms with Crippen LogP contribution in [0.3, 0.4) is 0 Å². The number of hydrogen-bond acceptors (Lipinski definition) is 6. The van der Waals surface area contributed by atoms with Crippen molar-refractivity contribution < 1.29 is 28.5 Å². The molecule has 0 amide bonds. The number of esters is 1. The van der Waals surface area contributed by atoms with Gasteiger partial charge in [0.2, 0.25) is 5.75 Å². The SMILES string of the molecule is CCOc1ccccc1COC(=O)/C=C/c1cc(OC)c2c(c1)OCCO2. The van der Waals surface area contributed by atoms with E-state index in [1.54, 1.807) is 25.3 Å². The zero-order chi connectivity index (χ0) is 19.1. The lowest BCUT2D eigenvalue weighted by Crippen LogP contribution is -2.16. The van der Waals surface area contributed by atoms with Crippen LogP contribution >= 0.6 is 0 Å². The van der Waals surface area contributed by atoms with Crippen LogP contribution < -0.4 is 18.9 Å². The molecule has 0 spiro atoms. The molecule has 27 heavy (non-hydrogen) atoms. The van der Waals surface area contributed by atoms with Gasteiger partial charge in [-0.3, -0.25) is 0 Å². The van der Waals surface area contributed by atoms with E-state index in [0.29, 0.717) is 42.8 Å². The third-order valence-electron chi connectivity index (χ3n) is 3.90. The number of rotatable bonds is 7. The minimum Gasteiger partial charge on any atom is -0.493 e. The van der Waals surface area contributed by atoms with Crippen LogP contribution in [0.25, 0.3) is 6.08 Å². The number of carbonyl (C=O) groups is 1. The van der Waals surface area contributed by atoms with E-state index in [1.807, 2.05) is 31.2 Å². The fourth-order valence-electron chi connectivity index (χ4n) is 2.67. The summed E-state index contributed by atoms with van der Waals surface area (Å²) in [6, 6.07) is 11.1. The van der Waals surface area contributed by atoms with Gasteiger partial charge >= 0.3 is 5.97 Å². The Balaban J connectivity index is 1.65. The van der Waals surface area contributed by atoms with Crippen LogP contribution in [-0.2, 0) is 16.1 Å². The second-order valence-electron chi connectivity index (χ2n) is 5.73. The molecule has 0 saturated heterocycles. The van der Waals surface area contributed by atoms with Crippen LogP contribution in [-0.4, -0.2) is 32.9 Å². The summed E-state index contributed by atoms with van der Waals surface area (Å²) in [6.07, 6.45) is 3.02. The van der Waals surface area contributed by atoms with Gasteiger partial charge in [0.1, 0.15) is 25.6 Å². The summed E-state index contributed by atoms with van der Waals surface area (Å²) in [4.78, 5) is 12.1. The predicted molar refractivity (Wildman–Crippen MR) is 100 cm³/mol. The largest absolute Gasteiger partial charge is 0.493 e. The molecule has 0 radical (unpaired) electrons. The normalized spacial score (nSPS) is 12.7. The van der Waals surface area contributed by atoms with Crippen molar-refractivity contribution in [3.8, 4) is 23.0 Å². The Bertz CT molecular complexity index is 810. The molecule has 2 aromatic carbocycles. The average Bonchev–Trinajstić information content (AvgIpc) is 2.71. The molecule has 142 valence electrons. The van der Waals surface area contributed by atoms with Crippen molar-refractivity contribution in [2.45, 2.75) is 13.5 Å². The summed E-state index contributed by atoms with van der Waals surface area (Å²) >= 11 is 0. The number of methoxy groups -OCH3 is 1. The van der Waals surface area contributed by atoms with E-state index >= 15 is 0 Å². The summed E-state index contributed by atoms with van der Waals surface area (Å²) in [5.74, 6) is 2.00. The summed E-state index contributed by atoms with van der Waals surface area (Å²) < 4.78 is 27.3. The fraction of sp³-hybridized carbons (Fsp3) is 0.286. The quantitative estimate of drug-likeness (QED) is 0.548. The van der Waals surface area contributed by atoms with Gasteiger partial charge < -0.3 is 23.7 Å². The van der Waals surface area contributed by atoms with E-state index in [9.17, 15) is 4.79 Å². The summed E-state index contributed by atoms with van der Waals surface area (Å²) in [5.41, 5.74) is 1.57. The van der Waals surface area contributed by atoms with Gasteiger partial charge in [0.15, 0.2) is 11.5 Å². The van der Waals surface area contributed by atoms with Crippen LogP contribution in [0.4, 0.5) is 0 Å². The molecule has 1 aliphatic heterocycles. The Hall–Kier alpha value is -3.15. The highest BCUT2D eigenvalue weighted by atomic mass is 16.6. The van der Waals surface area contributed by atoms with E-state index in [-0.39, 0.29) is 6.61 Å². The van der Waals surface area contributed by atoms with E-state index in [1.165, 1.54) is 6.08 Å². The summed E-state index contributed by atoms with van der Waals surface area (Å²) in [7, 11) is 1.56. The number of carbonyl (C=O) groups excluding carboxylic acids is 1. The molecule has 0 bridgehead atoms. The highest BCUT2D eigenvalue weighted by Crippen LogP contribution is 2.40. The zero-order valence-electron chi connectivity index (χ0n) is 15.4. The summed E-state index contributed by atoms with van der Waals surface area (Å²) in [5, 5.41) is 0. The van der Waals surface area contributed by atoms with Crippen LogP contribution in [0.1, 0.15) is 18.1 Å². The number of benzene rings is 2. The van der Waals surface area contributed by atoms with E-state index in [4.69, 9.17) is 23.7 Å². The number of fused-ring (bicyclic) bond motifs is 1. The van der Waals surface area contributed by atoms with Crippen LogP contribution in [0.5, 0.6) is 23.0 Å². The van der Waals surface area contributed by atoms with Crippen molar-refractivity contribution in [2.24, 2.45) is 0 Å². The Morgan fingerprint density at radius 1 is 1.15 bits per heavy atom. The van der Waals surface area contributed by atoms with E-state index < -0.39 is 5.97 Å². The van der Waals surface area contributed by atoms with Crippen molar-refractivity contribution in [2.75, 3.05) is 26.9 Å². The third-order valence-corrected chi connectivity index (χ3v) is 3.90. The Kier molecular flexibility index (Phi) is 6.20. The van der Waals surface area contributed by atoms with Crippen LogP contribution in [0.15, 0.2) is 42.5 Å². The Morgan fingerprint density at radius 2 is 1.96 bits per heavy atom. The highest BCUT2D eigenvalue weighted by Gasteiger charge is 2.17. The minimum atomic E-state index is -0.449. The van der Waals surface area contributed by atoms with Gasteiger partial charge in [0.25, 0.3) is 0 Å². The highest BCUT2D eigenvalue weighted by molar-refractivity contribution is 5.87. The molecule has 3 rings (SSSR count). The second-order valence-corrected chi connectivity index (χ2v) is 5.73. The molecule has 1 aliphatic rings. The topological polar surface area (TPSA) is 63.2 Å². The van der Waals surface area contributed by atoms with Gasteiger partial charge in [-0.15, -0.1) is 0 Å². The van der Waals surface area contributed by atoms with Crippen molar-refractivity contribution in [3.63, 3.8) is 0 Å². The molecule has 1 heterocycles. The number of ether oxygens (including phenoxy) is 5. The number of hydrogen-bond donors (Lipinski definition) is 0. The molecular weight excluding hydrogens is 348 g/mol. The molecule has 0 N–H and O–H groups in total. The molecule has 0 atom stereocenters. The van der Waals surface area contributed by atoms with Gasteiger partial charge in [0, 0.05) is 11.6 Å². The lowest BCUT2D eigenvalue weighted by molar-refractivity contribution is -0.138. The maximum atomic E-state index is 12.1. The lowest BCUT2D eigenvalue weighted by Gasteiger charge is -2.20. The maximum absolute atomic E-state index is 12.1. The van der Waals surface area contributed by atoms with Crippen molar-refractivity contribution in [1.29, 1.82) is 0 Å². The van der Waals surface area contributed by atoms with Crippen molar-refractivity contribution in [1.82, 2.24) is 0 Å². The molecule has 6 nitrogen and oxygen atoms in total. The summed E-state index contributed by atoms with van der Waals surface area (Å²) in [6.45, 7) is 3.56. The predicted octanol–water partition coefficient (Wildman–Crippen LogP) is 3.62. The first kappa shape index (κ1) is 18.6. The van der Waals surface area contributed by atoms with E-state index in [0.717, 1.165) is 11.1 Å². The zero-order valence-corrected chi connectivity index (χ0v) is 15.4. The lowest BCUT2D eigenvalue weighted by atomic mass is 10.1. The maximum Gasteiger partial charge on any atom is 0.331 e. The molecule has 0 aliphatic carbocycles. The standard InChI is InChI=1S/C21H22O6/c1-3-24-17-7-5-4-6-16(17)14-27-20(22)9-8-15-12-18(23-2)21-19(13-15)25-10-11-26-21/h4-9,12-13H,3,10-11,14H2,1-2H3/b9-8+. The Morgan fingerprint density at radius 3 is 2.78 bits per heavy atom. The number of para-hydroxylation sites is 1. The smallest absolute Gasteiger partial charge is 0.331 e. The molecule has 6 heteroatoms. The first-order valence-electron chi connectivity index (χ1n) is 8.74. The molecule has 0 fully saturated rings. The molecule has 2 aromatic rings. The van der Waals surface area contributed by atoms with E-state index in [2.05, 4.69) is 0 Å². The van der Waals surface area contributed by atoms with Crippen LogP contribution in [0.2, 0.25) is 0 Å². The minimum absolute atomic E-state index is 0.143. The van der Waals surface area contributed by atoms with Gasteiger partial charge in [0.05, 0.1) is 13.7 Å². The second kappa shape index (κ2) is 8.98. The first-order valence-corrected chi connectivity index (χ1v) is 8.74. The van der Waals surface area contributed by atoms with Crippen molar-refractivity contribution in [3.05, 3.63) is 53.6 Å². The third kappa shape index (κ3) is 4.73. The van der Waals surface area contributed by atoms with Crippen molar-refractivity contribution >= 4 is 12.0 Å². The average molecular weight is 370 g/mol. The monoisotopic (exact) mass is 370 g/mol.